The van der Waals surface area contributed by atoms with E-state index >= 15 is 0 Å². The number of rotatable bonds is 3. The Morgan fingerprint density at radius 1 is 1.00 bits per heavy atom. The molecule has 3 N–H and O–H groups in total. The number of nitrogens with zero attached hydrogens (tertiary/aromatic N) is 1. The molecule has 0 bridgehead atoms. The van der Waals surface area contributed by atoms with Gasteiger partial charge in [-0.25, -0.2) is 5.43 Å². The number of pyridine rings is 1. The van der Waals surface area contributed by atoms with Gasteiger partial charge in [-0.2, -0.15) is 0 Å². The van der Waals surface area contributed by atoms with Gasteiger partial charge in [-0.15, -0.1) is 0 Å². The molecule has 0 aliphatic heterocycles. The van der Waals surface area contributed by atoms with Crippen LogP contribution in [0.5, 0.6) is 0 Å². The van der Waals surface area contributed by atoms with Crippen LogP contribution in [0.25, 0.3) is 0 Å². The standard InChI is InChI=1S/C15H19N3/c1-10-6-11(2)8-14(7-10)15(18-16)13-5-4-12(3)17-9-13/h4-9,15,18H,16H2,1-3H3. The van der Waals surface area contributed by atoms with Gasteiger partial charge >= 0.3 is 0 Å². The number of aromatic nitrogens is 1. The SMILES string of the molecule is Cc1cc(C)cc(C(NN)c2ccc(C)nc2)c1. The van der Waals surface area contributed by atoms with Gasteiger partial charge in [-0.1, -0.05) is 35.4 Å². The number of nitrogens with one attached hydrogen (secondary N) is 1. The highest BCUT2D eigenvalue weighted by Crippen LogP contribution is 2.23. The second-order valence-electron chi connectivity index (χ2n) is 4.75. The summed E-state index contributed by atoms with van der Waals surface area (Å²) in [5.41, 5.74) is 8.60. The number of nitrogens with two attached hydrogens (primary N) is 1. The zero-order valence-electron chi connectivity index (χ0n) is 11.1. The molecule has 0 aliphatic carbocycles. The Kier molecular flexibility index (Phi) is 3.75. The van der Waals surface area contributed by atoms with E-state index in [1.165, 1.54) is 16.7 Å². The Labute approximate surface area is 108 Å². The number of hydrogen-bond donors (Lipinski definition) is 2. The van der Waals surface area contributed by atoms with E-state index in [0.717, 1.165) is 11.3 Å². The monoisotopic (exact) mass is 241 g/mol. The number of hydrogen-bond acceptors (Lipinski definition) is 3. The molecule has 3 nitrogen and oxygen atoms in total. The lowest BCUT2D eigenvalue weighted by molar-refractivity contribution is 0.633. The van der Waals surface area contributed by atoms with Crippen molar-refractivity contribution in [2.45, 2.75) is 26.8 Å². The van der Waals surface area contributed by atoms with Crippen molar-refractivity contribution >= 4 is 0 Å². The van der Waals surface area contributed by atoms with Crippen LogP contribution in [0.15, 0.2) is 36.5 Å². The van der Waals surface area contributed by atoms with Crippen molar-refractivity contribution in [2.24, 2.45) is 5.84 Å². The fraction of sp³-hybridized carbons (Fsp3) is 0.267. The van der Waals surface area contributed by atoms with E-state index in [1.54, 1.807) is 0 Å². The van der Waals surface area contributed by atoms with Crippen molar-refractivity contribution in [3.8, 4) is 0 Å². The molecule has 1 aromatic heterocycles. The molecule has 1 unspecified atom stereocenters. The van der Waals surface area contributed by atoms with Gasteiger partial charge in [0.25, 0.3) is 0 Å². The first-order valence-corrected chi connectivity index (χ1v) is 6.07. The maximum Gasteiger partial charge on any atom is 0.0725 e. The van der Waals surface area contributed by atoms with Crippen LogP contribution in [0.4, 0.5) is 0 Å². The van der Waals surface area contributed by atoms with E-state index in [-0.39, 0.29) is 6.04 Å². The third-order valence-electron chi connectivity index (χ3n) is 3.01. The molecule has 0 radical (unpaired) electrons. The minimum absolute atomic E-state index is 0.0169. The summed E-state index contributed by atoms with van der Waals surface area (Å²) in [6.45, 7) is 6.17. The van der Waals surface area contributed by atoms with Gasteiger partial charge in [0.15, 0.2) is 0 Å². The molecule has 94 valence electrons. The summed E-state index contributed by atoms with van der Waals surface area (Å²) in [7, 11) is 0. The summed E-state index contributed by atoms with van der Waals surface area (Å²) in [4.78, 5) is 4.32. The van der Waals surface area contributed by atoms with Crippen LogP contribution in [-0.4, -0.2) is 4.98 Å². The van der Waals surface area contributed by atoms with Crippen molar-refractivity contribution in [3.63, 3.8) is 0 Å². The third kappa shape index (κ3) is 2.75. The summed E-state index contributed by atoms with van der Waals surface area (Å²) in [6, 6.07) is 10.5. The third-order valence-corrected chi connectivity index (χ3v) is 3.01. The molecule has 2 rings (SSSR count). The maximum absolute atomic E-state index is 5.70. The molecule has 0 saturated carbocycles. The van der Waals surface area contributed by atoms with Crippen LogP contribution in [-0.2, 0) is 0 Å². The molecule has 0 saturated heterocycles. The first kappa shape index (κ1) is 12.7. The Morgan fingerprint density at radius 2 is 1.67 bits per heavy atom. The van der Waals surface area contributed by atoms with E-state index in [0.29, 0.717) is 0 Å². The minimum Gasteiger partial charge on any atom is -0.271 e. The van der Waals surface area contributed by atoms with E-state index in [9.17, 15) is 0 Å². The molecule has 1 atom stereocenters. The van der Waals surface area contributed by atoms with Crippen LogP contribution < -0.4 is 11.3 Å². The normalized spacial score (nSPS) is 12.4. The zero-order valence-corrected chi connectivity index (χ0v) is 11.1. The Bertz CT molecular complexity index is 512. The van der Waals surface area contributed by atoms with E-state index in [1.807, 2.05) is 19.2 Å². The Morgan fingerprint density at radius 3 is 2.17 bits per heavy atom. The summed E-state index contributed by atoms with van der Waals surface area (Å²) < 4.78 is 0. The number of hydrazine groups is 1. The first-order valence-electron chi connectivity index (χ1n) is 6.07. The van der Waals surface area contributed by atoms with E-state index in [2.05, 4.69) is 48.5 Å². The van der Waals surface area contributed by atoms with Gasteiger partial charge in [0.05, 0.1) is 6.04 Å². The highest BCUT2D eigenvalue weighted by Gasteiger charge is 2.13. The molecular weight excluding hydrogens is 222 g/mol. The number of benzene rings is 1. The topological polar surface area (TPSA) is 50.9 Å². The highest BCUT2D eigenvalue weighted by atomic mass is 15.2. The minimum atomic E-state index is -0.0169. The molecule has 0 aliphatic rings. The molecule has 0 spiro atoms. The van der Waals surface area contributed by atoms with Gasteiger partial charge < -0.3 is 0 Å². The second kappa shape index (κ2) is 5.29. The van der Waals surface area contributed by atoms with Crippen molar-refractivity contribution in [2.75, 3.05) is 0 Å². The molecular formula is C15H19N3. The smallest absolute Gasteiger partial charge is 0.0725 e. The molecule has 18 heavy (non-hydrogen) atoms. The predicted octanol–water partition coefficient (Wildman–Crippen LogP) is 2.56. The van der Waals surface area contributed by atoms with Crippen LogP contribution >= 0.6 is 0 Å². The number of aryl methyl sites for hydroxylation is 3. The van der Waals surface area contributed by atoms with Crippen molar-refractivity contribution in [3.05, 3.63) is 64.5 Å². The summed E-state index contributed by atoms with van der Waals surface area (Å²) in [6.07, 6.45) is 1.87. The lowest BCUT2D eigenvalue weighted by atomic mass is 9.97. The van der Waals surface area contributed by atoms with Crippen LogP contribution in [0.3, 0.4) is 0 Å². The van der Waals surface area contributed by atoms with Crippen molar-refractivity contribution in [1.82, 2.24) is 10.4 Å². The van der Waals surface area contributed by atoms with Crippen molar-refractivity contribution < 1.29 is 0 Å². The second-order valence-corrected chi connectivity index (χ2v) is 4.75. The quantitative estimate of drug-likeness (QED) is 0.641. The van der Waals surface area contributed by atoms with Gasteiger partial charge in [-0.3, -0.25) is 10.8 Å². The molecule has 0 amide bonds. The van der Waals surface area contributed by atoms with Gasteiger partial charge in [0, 0.05) is 11.9 Å². The Hall–Kier alpha value is -1.71. The fourth-order valence-corrected chi connectivity index (χ4v) is 2.21. The lowest BCUT2D eigenvalue weighted by Gasteiger charge is -2.18. The lowest BCUT2D eigenvalue weighted by Crippen LogP contribution is -2.29. The maximum atomic E-state index is 5.70. The van der Waals surface area contributed by atoms with Gasteiger partial charge in [-0.05, 0) is 38.0 Å². The van der Waals surface area contributed by atoms with Crippen LogP contribution in [0.1, 0.15) is 34.0 Å². The molecule has 3 heteroatoms. The molecule has 0 fully saturated rings. The molecule has 2 aromatic rings. The Balaban J connectivity index is 2.41. The van der Waals surface area contributed by atoms with Crippen LogP contribution in [0.2, 0.25) is 0 Å². The molecule has 1 aromatic carbocycles. The van der Waals surface area contributed by atoms with Crippen LogP contribution in [0, 0.1) is 20.8 Å². The summed E-state index contributed by atoms with van der Waals surface area (Å²) in [5.74, 6) is 5.70. The predicted molar refractivity (Wildman–Crippen MR) is 74.1 cm³/mol. The van der Waals surface area contributed by atoms with Gasteiger partial charge in [0.2, 0.25) is 0 Å². The summed E-state index contributed by atoms with van der Waals surface area (Å²) >= 11 is 0. The average Bonchev–Trinajstić information content (AvgIpc) is 2.31. The summed E-state index contributed by atoms with van der Waals surface area (Å²) in [5, 5.41) is 0. The fourth-order valence-electron chi connectivity index (χ4n) is 2.21. The molecule has 1 heterocycles. The van der Waals surface area contributed by atoms with Gasteiger partial charge in [0.1, 0.15) is 0 Å². The average molecular weight is 241 g/mol. The largest absolute Gasteiger partial charge is 0.271 e. The van der Waals surface area contributed by atoms with E-state index in [4.69, 9.17) is 5.84 Å². The zero-order chi connectivity index (χ0) is 13.1. The highest BCUT2D eigenvalue weighted by molar-refractivity contribution is 5.36. The van der Waals surface area contributed by atoms with Crippen molar-refractivity contribution in [1.29, 1.82) is 0 Å². The first-order chi connectivity index (χ1) is 8.60. The van der Waals surface area contributed by atoms with E-state index < -0.39 is 0 Å².